The molecule has 0 aromatic rings. The molecular weight excluding hydrogens is 258 g/mol. The average molecular weight is 285 g/mol. The normalized spacial score (nSPS) is 14.7. The highest BCUT2D eigenvalue weighted by Crippen LogP contribution is 2.14. The van der Waals surface area contributed by atoms with Crippen molar-refractivity contribution in [1.29, 1.82) is 10.8 Å². The van der Waals surface area contributed by atoms with Crippen LogP contribution in [0.5, 0.6) is 0 Å². The standard InChI is InChI=1S/C11H27N9/c1-4-20(10(15)16)11(2,9(14)17-3)7-19-18-6-5-8(12)13/h18-19H,4-7H2,1-3H3,(H3,12,13)(H2,14,17)(H3,15,16). The third-order valence-corrected chi connectivity index (χ3v) is 3.07. The van der Waals surface area contributed by atoms with Gasteiger partial charge in [-0.25, -0.2) is 0 Å². The van der Waals surface area contributed by atoms with Crippen LogP contribution in [-0.2, 0) is 0 Å². The van der Waals surface area contributed by atoms with Crippen molar-refractivity contribution in [2.45, 2.75) is 25.8 Å². The van der Waals surface area contributed by atoms with Crippen LogP contribution in [0.2, 0.25) is 0 Å². The van der Waals surface area contributed by atoms with Crippen LogP contribution in [0.1, 0.15) is 20.3 Å². The Morgan fingerprint density at radius 2 is 1.85 bits per heavy atom. The lowest BCUT2D eigenvalue weighted by atomic mass is 9.98. The van der Waals surface area contributed by atoms with E-state index in [1.54, 1.807) is 11.9 Å². The summed E-state index contributed by atoms with van der Waals surface area (Å²) in [6.07, 6.45) is 0.450. The van der Waals surface area contributed by atoms with E-state index in [0.717, 1.165) is 0 Å². The summed E-state index contributed by atoms with van der Waals surface area (Å²) < 4.78 is 0. The minimum Gasteiger partial charge on any atom is -0.388 e. The summed E-state index contributed by atoms with van der Waals surface area (Å²) in [5.41, 5.74) is 22.1. The van der Waals surface area contributed by atoms with Crippen LogP contribution in [0.3, 0.4) is 0 Å². The monoisotopic (exact) mass is 285 g/mol. The molecule has 0 rings (SSSR count). The zero-order valence-electron chi connectivity index (χ0n) is 12.5. The Morgan fingerprint density at radius 1 is 1.25 bits per heavy atom. The molecule has 1 atom stereocenters. The van der Waals surface area contributed by atoms with Crippen molar-refractivity contribution in [1.82, 2.24) is 15.8 Å². The van der Waals surface area contributed by atoms with Crippen molar-refractivity contribution >= 4 is 17.6 Å². The number of nitrogens with two attached hydrogens (primary N) is 3. The van der Waals surface area contributed by atoms with Gasteiger partial charge in [-0.1, -0.05) is 0 Å². The third-order valence-electron chi connectivity index (χ3n) is 3.07. The largest absolute Gasteiger partial charge is 0.388 e. The Kier molecular flexibility index (Phi) is 7.55. The number of amidine groups is 2. The molecule has 0 amide bonds. The molecule has 0 aromatic heterocycles. The molecule has 0 aromatic carbocycles. The molecule has 1 unspecified atom stereocenters. The second-order valence-electron chi connectivity index (χ2n) is 4.57. The van der Waals surface area contributed by atoms with E-state index < -0.39 is 5.54 Å². The molecule has 0 aliphatic carbocycles. The van der Waals surface area contributed by atoms with Gasteiger partial charge in [-0.05, 0) is 13.8 Å². The van der Waals surface area contributed by atoms with Crippen molar-refractivity contribution in [3.8, 4) is 0 Å². The molecule has 20 heavy (non-hydrogen) atoms. The number of hydrazine groups is 1. The van der Waals surface area contributed by atoms with Gasteiger partial charge in [0, 0.05) is 33.1 Å². The fourth-order valence-corrected chi connectivity index (χ4v) is 1.87. The van der Waals surface area contributed by atoms with Gasteiger partial charge in [0.1, 0.15) is 11.4 Å². The van der Waals surface area contributed by atoms with Crippen molar-refractivity contribution in [2.24, 2.45) is 22.2 Å². The van der Waals surface area contributed by atoms with E-state index in [0.29, 0.717) is 31.9 Å². The molecule has 116 valence electrons. The molecule has 0 aliphatic heterocycles. The number of hydrogen-bond acceptors (Lipinski definition) is 5. The first-order valence-corrected chi connectivity index (χ1v) is 6.42. The van der Waals surface area contributed by atoms with E-state index in [1.807, 2.05) is 13.8 Å². The molecule has 0 spiro atoms. The maximum Gasteiger partial charge on any atom is 0.189 e. The van der Waals surface area contributed by atoms with Gasteiger partial charge < -0.3 is 22.1 Å². The molecule has 0 saturated carbocycles. The number of likely N-dealkylation sites (N-methyl/N-ethyl adjacent to an activating group) is 1. The number of hydrogen-bond donors (Lipinski definition) is 7. The lowest BCUT2D eigenvalue weighted by molar-refractivity contribution is 0.255. The highest BCUT2D eigenvalue weighted by atomic mass is 15.4. The predicted molar refractivity (Wildman–Crippen MR) is 82.8 cm³/mol. The summed E-state index contributed by atoms with van der Waals surface area (Å²) >= 11 is 0. The first-order valence-electron chi connectivity index (χ1n) is 6.42. The van der Waals surface area contributed by atoms with E-state index >= 15 is 0 Å². The summed E-state index contributed by atoms with van der Waals surface area (Å²) in [6.45, 7) is 5.23. The highest BCUT2D eigenvalue weighted by molar-refractivity contribution is 5.93. The average Bonchev–Trinajstić information content (AvgIpc) is 2.37. The molecule has 0 radical (unpaired) electrons. The Balaban J connectivity index is 4.72. The predicted octanol–water partition coefficient (Wildman–Crippen LogP) is -1.63. The van der Waals surface area contributed by atoms with E-state index in [1.165, 1.54) is 0 Å². The molecular formula is C11H27N9. The molecule has 0 aliphatic rings. The maximum atomic E-state index is 7.65. The Hall–Kier alpha value is -1.87. The van der Waals surface area contributed by atoms with Gasteiger partial charge in [-0.2, -0.15) is 0 Å². The molecule has 9 heteroatoms. The fraction of sp³-hybridized carbons (Fsp3) is 0.727. The summed E-state index contributed by atoms with van der Waals surface area (Å²) in [7, 11) is 1.60. The van der Waals surface area contributed by atoms with Gasteiger partial charge in [0.05, 0.1) is 5.84 Å². The SMILES string of the molecule is CCN(C(=N)N)C(C)(CNNCCC(=N)N)C(N)=NC. The van der Waals surface area contributed by atoms with Gasteiger partial charge in [0.25, 0.3) is 0 Å². The first kappa shape index (κ1) is 18.1. The van der Waals surface area contributed by atoms with Crippen molar-refractivity contribution in [3.05, 3.63) is 0 Å². The van der Waals surface area contributed by atoms with Gasteiger partial charge in [-0.3, -0.25) is 26.7 Å². The van der Waals surface area contributed by atoms with Crippen molar-refractivity contribution < 1.29 is 0 Å². The van der Waals surface area contributed by atoms with Crippen molar-refractivity contribution in [3.63, 3.8) is 0 Å². The minimum atomic E-state index is -0.710. The van der Waals surface area contributed by atoms with Gasteiger partial charge >= 0.3 is 0 Å². The minimum absolute atomic E-state index is 0.0628. The van der Waals surface area contributed by atoms with Gasteiger partial charge in [-0.15, -0.1) is 0 Å². The zero-order chi connectivity index (χ0) is 15.8. The van der Waals surface area contributed by atoms with Gasteiger partial charge in [0.2, 0.25) is 0 Å². The molecule has 10 N–H and O–H groups in total. The van der Waals surface area contributed by atoms with Gasteiger partial charge in [0.15, 0.2) is 5.96 Å². The van der Waals surface area contributed by atoms with Crippen LogP contribution in [0, 0.1) is 10.8 Å². The van der Waals surface area contributed by atoms with Crippen LogP contribution in [0.25, 0.3) is 0 Å². The first-order chi connectivity index (χ1) is 9.29. The number of aliphatic imine (C=N–C) groups is 1. The smallest absolute Gasteiger partial charge is 0.189 e. The second kappa shape index (κ2) is 8.33. The van der Waals surface area contributed by atoms with Crippen molar-refractivity contribution in [2.75, 3.05) is 26.7 Å². The Morgan fingerprint density at radius 3 is 2.25 bits per heavy atom. The van der Waals surface area contributed by atoms with E-state index in [9.17, 15) is 0 Å². The Bertz CT molecular complexity index is 365. The zero-order valence-corrected chi connectivity index (χ0v) is 12.5. The summed E-state index contributed by atoms with van der Waals surface area (Å²) in [6, 6.07) is 0. The second-order valence-corrected chi connectivity index (χ2v) is 4.57. The van der Waals surface area contributed by atoms with Crippen LogP contribution in [0.15, 0.2) is 4.99 Å². The number of nitrogens with zero attached hydrogens (tertiary/aromatic N) is 2. The summed E-state index contributed by atoms with van der Waals surface area (Å²) in [4.78, 5) is 5.68. The summed E-state index contributed by atoms with van der Waals surface area (Å²) in [5, 5.41) is 14.8. The third kappa shape index (κ3) is 5.02. The van der Waals surface area contributed by atoms with Crippen LogP contribution < -0.4 is 28.1 Å². The van der Waals surface area contributed by atoms with Crippen LogP contribution in [0.4, 0.5) is 0 Å². The molecule has 0 heterocycles. The number of rotatable bonds is 9. The summed E-state index contributed by atoms with van der Waals surface area (Å²) in [5.74, 6) is 0.443. The fourth-order valence-electron chi connectivity index (χ4n) is 1.87. The number of guanidine groups is 1. The molecule has 0 fully saturated rings. The molecule has 0 saturated heterocycles. The highest BCUT2D eigenvalue weighted by Gasteiger charge is 2.35. The topological polar surface area (TPSA) is 165 Å². The maximum absolute atomic E-state index is 7.65. The number of nitrogens with one attached hydrogen (secondary N) is 4. The van der Waals surface area contributed by atoms with Crippen LogP contribution in [-0.4, -0.2) is 54.8 Å². The van der Waals surface area contributed by atoms with Crippen LogP contribution >= 0.6 is 0 Å². The Labute approximate surface area is 120 Å². The lowest BCUT2D eigenvalue weighted by Crippen LogP contribution is -2.65. The quantitative estimate of drug-likeness (QED) is 0.116. The molecule has 0 bridgehead atoms. The van der Waals surface area contributed by atoms with E-state index in [2.05, 4.69) is 15.8 Å². The molecule has 9 nitrogen and oxygen atoms in total. The lowest BCUT2D eigenvalue weighted by Gasteiger charge is -2.40. The van der Waals surface area contributed by atoms with E-state index in [4.69, 9.17) is 28.0 Å². The van der Waals surface area contributed by atoms with E-state index in [-0.39, 0.29) is 11.8 Å².